The molecule has 5 heteroatoms. The monoisotopic (exact) mass is 241 g/mol. The number of pyridine rings is 1. The van der Waals surface area contributed by atoms with Crippen molar-refractivity contribution in [2.45, 2.75) is 6.04 Å². The van der Waals surface area contributed by atoms with Crippen molar-refractivity contribution in [2.24, 2.45) is 0 Å². The van der Waals surface area contributed by atoms with E-state index in [0.717, 1.165) is 24.9 Å². The number of likely N-dealkylation sites (N-methyl/N-ethyl adjacent to an activating group) is 1. The molecule has 0 amide bonds. The van der Waals surface area contributed by atoms with Crippen LogP contribution in [0.15, 0.2) is 42.9 Å². The summed E-state index contributed by atoms with van der Waals surface area (Å²) in [7, 11) is 2.04. The van der Waals surface area contributed by atoms with E-state index in [-0.39, 0.29) is 0 Å². The van der Waals surface area contributed by atoms with E-state index in [9.17, 15) is 0 Å². The van der Waals surface area contributed by atoms with E-state index < -0.39 is 0 Å². The quantitative estimate of drug-likeness (QED) is 0.808. The minimum absolute atomic E-state index is 0.453. The van der Waals surface area contributed by atoms with Crippen LogP contribution in [0.2, 0.25) is 0 Å². The van der Waals surface area contributed by atoms with Crippen LogP contribution in [0.4, 0.5) is 11.8 Å². The Kier molecular flexibility index (Phi) is 2.80. The summed E-state index contributed by atoms with van der Waals surface area (Å²) in [4.78, 5) is 17.2. The van der Waals surface area contributed by atoms with Gasteiger partial charge in [-0.1, -0.05) is 6.07 Å². The summed E-state index contributed by atoms with van der Waals surface area (Å²) in [5, 5.41) is 0. The SMILES string of the molecule is CN(c1ncccn1)C1CN(c2ccccn2)C1. The van der Waals surface area contributed by atoms with Crippen LogP contribution in [0.3, 0.4) is 0 Å². The summed E-state index contributed by atoms with van der Waals surface area (Å²) in [6, 6.07) is 8.27. The first-order chi connectivity index (χ1) is 8.84. The van der Waals surface area contributed by atoms with Crippen molar-refractivity contribution in [2.75, 3.05) is 29.9 Å². The molecule has 0 unspecified atom stereocenters. The minimum atomic E-state index is 0.453. The molecule has 18 heavy (non-hydrogen) atoms. The van der Waals surface area contributed by atoms with Crippen molar-refractivity contribution < 1.29 is 0 Å². The van der Waals surface area contributed by atoms with Crippen molar-refractivity contribution in [3.05, 3.63) is 42.9 Å². The maximum absolute atomic E-state index is 4.34. The molecule has 1 aliphatic rings. The summed E-state index contributed by atoms with van der Waals surface area (Å²) in [5.41, 5.74) is 0. The second-order valence-electron chi connectivity index (χ2n) is 4.41. The highest BCUT2D eigenvalue weighted by Gasteiger charge is 2.31. The molecule has 0 bridgehead atoms. The molecule has 0 spiro atoms. The Balaban J connectivity index is 1.63. The van der Waals surface area contributed by atoms with Crippen LogP contribution < -0.4 is 9.80 Å². The first kappa shape index (κ1) is 11.0. The van der Waals surface area contributed by atoms with Gasteiger partial charge in [-0.25, -0.2) is 15.0 Å². The van der Waals surface area contributed by atoms with E-state index in [1.54, 1.807) is 12.4 Å². The summed E-state index contributed by atoms with van der Waals surface area (Å²) in [6.45, 7) is 1.93. The van der Waals surface area contributed by atoms with E-state index in [1.165, 1.54) is 0 Å². The third-order valence-electron chi connectivity index (χ3n) is 3.25. The normalized spacial score (nSPS) is 15.3. The van der Waals surface area contributed by atoms with Crippen LogP contribution in [-0.4, -0.2) is 41.1 Å². The lowest BCUT2D eigenvalue weighted by atomic mass is 10.1. The standard InChI is InChI=1S/C13H15N5/c1-17(13-15-7-4-8-16-13)11-9-18(10-11)12-5-2-3-6-14-12/h2-8,11H,9-10H2,1H3. The Bertz CT molecular complexity index is 495. The Labute approximate surface area is 106 Å². The molecule has 5 nitrogen and oxygen atoms in total. The smallest absolute Gasteiger partial charge is 0.225 e. The van der Waals surface area contributed by atoms with Crippen LogP contribution >= 0.6 is 0 Å². The lowest BCUT2D eigenvalue weighted by Gasteiger charge is -2.44. The van der Waals surface area contributed by atoms with Crippen LogP contribution in [0.25, 0.3) is 0 Å². The molecule has 1 aliphatic heterocycles. The second-order valence-corrected chi connectivity index (χ2v) is 4.41. The van der Waals surface area contributed by atoms with Gasteiger partial charge < -0.3 is 9.80 Å². The number of hydrogen-bond acceptors (Lipinski definition) is 5. The van der Waals surface area contributed by atoms with Gasteiger partial charge >= 0.3 is 0 Å². The lowest BCUT2D eigenvalue weighted by Crippen LogP contribution is -2.59. The van der Waals surface area contributed by atoms with Gasteiger partial charge in [0, 0.05) is 38.7 Å². The number of anilines is 2. The zero-order valence-corrected chi connectivity index (χ0v) is 10.3. The molecular weight excluding hydrogens is 226 g/mol. The largest absolute Gasteiger partial charge is 0.352 e. The average molecular weight is 241 g/mol. The number of aromatic nitrogens is 3. The first-order valence-corrected chi connectivity index (χ1v) is 6.00. The second kappa shape index (κ2) is 4.60. The highest BCUT2D eigenvalue weighted by molar-refractivity contribution is 5.45. The molecule has 3 heterocycles. The summed E-state index contributed by atoms with van der Waals surface area (Å²) >= 11 is 0. The third kappa shape index (κ3) is 1.99. The van der Waals surface area contributed by atoms with Crippen LogP contribution in [0, 0.1) is 0 Å². The number of nitrogens with zero attached hydrogens (tertiary/aromatic N) is 5. The molecule has 0 saturated carbocycles. The van der Waals surface area contributed by atoms with Crippen molar-refractivity contribution >= 4 is 11.8 Å². The predicted molar refractivity (Wildman–Crippen MR) is 70.7 cm³/mol. The Morgan fingerprint density at radius 3 is 2.44 bits per heavy atom. The van der Waals surface area contributed by atoms with Gasteiger partial charge in [-0.15, -0.1) is 0 Å². The van der Waals surface area contributed by atoms with Gasteiger partial charge in [0.2, 0.25) is 5.95 Å². The number of rotatable bonds is 3. The molecule has 0 radical (unpaired) electrons. The molecule has 0 N–H and O–H groups in total. The fourth-order valence-corrected chi connectivity index (χ4v) is 2.06. The molecule has 1 saturated heterocycles. The van der Waals surface area contributed by atoms with Gasteiger partial charge in [-0.3, -0.25) is 0 Å². The van der Waals surface area contributed by atoms with Gasteiger partial charge in [-0.05, 0) is 18.2 Å². The summed E-state index contributed by atoms with van der Waals surface area (Å²) < 4.78 is 0. The molecule has 3 rings (SSSR count). The van der Waals surface area contributed by atoms with Gasteiger partial charge in [0.05, 0.1) is 6.04 Å². The van der Waals surface area contributed by atoms with Gasteiger partial charge in [0.15, 0.2) is 0 Å². The molecule has 1 fully saturated rings. The van der Waals surface area contributed by atoms with Crippen LogP contribution in [-0.2, 0) is 0 Å². The van der Waals surface area contributed by atoms with E-state index in [4.69, 9.17) is 0 Å². The Hall–Kier alpha value is -2.17. The molecule has 2 aromatic rings. The maximum atomic E-state index is 4.34. The maximum Gasteiger partial charge on any atom is 0.225 e. The lowest BCUT2D eigenvalue weighted by molar-refractivity contribution is 0.486. The fourth-order valence-electron chi connectivity index (χ4n) is 2.06. The Morgan fingerprint density at radius 1 is 1.06 bits per heavy atom. The number of hydrogen-bond donors (Lipinski definition) is 0. The zero-order valence-electron chi connectivity index (χ0n) is 10.3. The highest BCUT2D eigenvalue weighted by atomic mass is 15.4. The van der Waals surface area contributed by atoms with Crippen molar-refractivity contribution in [1.29, 1.82) is 0 Å². The predicted octanol–water partition coefficient (Wildman–Crippen LogP) is 1.20. The summed E-state index contributed by atoms with van der Waals surface area (Å²) in [5.74, 6) is 1.82. The van der Waals surface area contributed by atoms with E-state index in [1.807, 2.05) is 37.5 Å². The van der Waals surface area contributed by atoms with E-state index in [0.29, 0.717) is 6.04 Å². The van der Waals surface area contributed by atoms with Crippen LogP contribution in [0.5, 0.6) is 0 Å². The molecule has 0 aromatic carbocycles. The van der Waals surface area contributed by atoms with Gasteiger partial charge in [-0.2, -0.15) is 0 Å². The first-order valence-electron chi connectivity index (χ1n) is 6.00. The average Bonchev–Trinajstić information content (AvgIpc) is 2.39. The van der Waals surface area contributed by atoms with Crippen molar-refractivity contribution in [3.8, 4) is 0 Å². The zero-order chi connectivity index (χ0) is 12.4. The summed E-state index contributed by atoms with van der Waals surface area (Å²) in [6.07, 6.45) is 5.37. The molecule has 0 atom stereocenters. The van der Waals surface area contributed by atoms with Gasteiger partial charge in [0.25, 0.3) is 0 Å². The molecule has 2 aromatic heterocycles. The van der Waals surface area contributed by atoms with Gasteiger partial charge in [0.1, 0.15) is 5.82 Å². The van der Waals surface area contributed by atoms with E-state index in [2.05, 4.69) is 24.8 Å². The van der Waals surface area contributed by atoms with Crippen molar-refractivity contribution in [3.63, 3.8) is 0 Å². The molecule has 92 valence electrons. The van der Waals surface area contributed by atoms with Crippen LogP contribution in [0.1, 0.15) is 0 Å². The third-order valence-corrected chi connectivity index (χ3v) is 3.25. The Morgan fingerprint density at radius 2 is 1.78 bits per heavy atom. The minimum Gasteiger partial charge on any atom is -0.352 e. The molecule has 0 aliphatic carbocycles. The topological polar surface area (TPSA) is 45.2 Å². The van der Waals surface area contributed by atoms with Crippen molar-refractivity contribution in [1.82, 2.24) is 15.0 Å². The van der Waals surface area contributed by atoms with E-state index >= 15 is 0 Å². The highest BCUT2D eigenvalue weighted by Crippen LogP contribution is 2.22. The molecular formula is C13H15N5. The fraction of sp³-hybridized carbons (Fsp3) is 0.308.